The molecule has 0 heterocycles. The van der Waals surface area contributed by atoms with Crippen LogP contribution in [0.5, 0.6) is 0 Å². The first-order chi connectivity index (χ1) is 6.33. The summed E-state index contributed by atoms with van der Waals surface area (Å²) in [7, 11) is 0. The number of aliphatic hydroxyl groups excluding tert-OH is 1. The second-order valence-electron chi connectivity index (χ2n) is 4.18. The molecule has 0 aromatic carbocycles. The second-order valence-corrected chi connectivity index (χ2v) is 4.18. The van der Waals surface area contributed by atoms with Gasteiger partial charge in [-0.1, -0.05) is 19.8 Å². The molecule has 1 fully saturated rings. The lowest BCUT2D eigenvalue weighted by Crippen LogP contribution is -2.36. The summed E-state index contributed by atoms with van der Waals surface area (Å²) >= 11 is 0. The largest absolute Gasteiger partial charge is 0.393 e. The van der Waals surface area contributed by atoms with Gasteiger partial charge in [-0.25, -0.2) is 0 Å². The summed E-state index contributed by atoms with van der Waals surface area (Å²) in [5.74, 6) is 0. The third-order valence-corrected chi connectivity index (χ3v) is 2.86. The van der Waals surface area contributed by atoms with Crippen LogP contribution in [0.1, 0.15) is 51.9 Å². The van der Waals surface area contributed by atoms with Crippen LogP contribution < -0.4 is 5.32 Å². The normalized spacial score (nSPS) is 29.1. The molecule has 0 saturated heterocycles. The van der Waals surface area contributed by atoms with Crippen LogP contribution in [0.15, 0.2) is 0 Å². The van der Waals surface area contributed by atoms with Gasteiger partial charge in [-0.2, -0.15) is 0 Å². The van der Waals surface area contributed by atoms with E-state index in [4.69, 9.17) is 0 Å². The summed E-state index contributed by atoms with van der Waals surface area (Å²) < 4.78 is 0. The Labute approximate surface area is 81.7 Å². The molecule has 1 aliphatic carbocycles. The van der Waals surface area contributed by atoms with E-state index in [-0.39, 0.29) is 6.10 Å². The van der Waals surface area contributed by atoms with E-state index in [9.17, 15) is 5.11 Å². The van der Waals surface area contributed by atoms with E-state index in [1.165, 1.54) is 32.1 Å². The highest BCUT2D eigenvalue weighted by Crippen LogP contribution is 2.18. The van der Waals surface area contributed by atoms with Gasteiger partial charge in [-0.3, -0.25) is 0 Å². The predicted octanol–water partition coefficient (Wildman–Crippen LogP) is 2.07. The molecule has 0 bridgehead atoms. The number of hydrogen-bond donors (Lipinski definition) is 2. The quantitative estimate of drug-likeness (QED) is 0.643. The number of hydrogen-bond acceptors (Lipinski definition) is 2. The minimum absolute atomic E-state index is 0.0441. The lowest BCUT2D eigenvalue weighted by molar-refractivity contribution is 0.112. The minimum Gasteiger partial charge on any atom is -0.393 e. The van der Waals surface area contributed by atoms with Crippen molar-refractivity contribution in [1.29, 1.82) is 0 Å². The van der Waals surface area contributed by atoms with Gasteiger partial charge < -0.3 is 10.4 Å². The van der Waals surface area contributed by atoms with Crippen molar-refractivity contribution in [3.8, 4) is 0 Å². The van der Waals surface area contributed by atoms with Crippen molar-refractivity contribution in [2.45, 2.75) is 64.0 Å². The molecular weight excluding hydrogens is 162 g/mol. The zero-order valence-electron chi connectivity index (χ0n) is 8.76. The van der Waals surface area contributed by atoms with E-state index in [0.717, 1.165) is 19.4 Å². The lowest BCUT2D eigenvalue weighted by atomic mass is 9.93. The first-order valence-corrected chi connectivity index (χ1v) is 5.74. The molecule has 2 N–H and O–H groups in total. The van der Waals surface area contributed by atoms with Crippen molar-refractivity contribution in [1.82, 2.24) is 5.32 Å². The molecule has 2 nitrogen and oxygen atoms in total. The molecule has 78 valence electrons. The summed E-state index contributed by atoms with van der Waals surface area (Å²) in [4.78, 5) is 0. The van der Waals surface area contributed by atoms with E-state index >= 15 is 0 Å². The van der Waals surface area contributed by atoms with Crippen LogP contribution in [0.2, 0.25) is 0 Å². The first-order valence-electron chi connectivity index (χ1n) is 5.74. The van der Waals surface area contributed by atoms with E-state index < -0.39 is 0 Å². The van der Waals surface area contributed by atoms with Crippen LogP contribution in [0.4, 0.5) is 0 Å². The van der Waals surface area contributed by atoms with Gasteiger partial charge in [0.05, 0.1) is 6.10 Å². The Morgan fingerprint density at radius 2 is 2.15 bits per heavy atom. The number of nitrogens with one attached hydrogen (secondary N) is 1. The van der Waals surface area contributed by atoms with E-state index in [0.29, 0.717) is 6.04 Å². The van der Waals surface area contributed by atoms with E-state index in [1.54, 1.807) is 0 Å². The molecule has 0 aliphatic heterocycles. The molecule has 13 heavy (non-hydrogen) atoms. The number of unbranched alkanes of at least 4 members (excludes halogenated alkanes) is 2. The Balaban J connectivity index is 2.00. The topological polar surface area (TPSA) is 32.3 Å². The highest BCUT2D eigenvalue weighted by molar-refractivity contribution is 4.76. The maximum absolute atomic E-state index is 9.44. The highest BCUT2D eigenvalue weighted by Gasteiger charge is 2.18. The summed E-state index contributed by atoms with van der Waals surface area (Å²) in [6, 6.07) is 0.584. The fourth-order valence-corrected chi connectivity index (χ4v) is 2.03. The molecule has 1 aliphatic rings. The fraction of sp³-hybridized carbons (Fsp3) is 1.00. The molecule has 0 spiro atoms. The molecule has 0 amide bonds. The third kappa shape index (κ3) is 4.63. The van der Waals surface area contributed by atoms with E-state index in [2.05, 4.69) is 12.2 Å². The maximum Gasteiger partial charge on any atom is 0.0555 e. The van der Waals surface area contributed by atoms with Gasteiger partial charge in [-0.05, 0) is 38.6 Å². The molecule has 0 radical (unpaired) electrons. The molecule has 1 rings (SSSR count). The van der Waals surface area contributed by atoms with Gasteiger partial charge in [0.15, 0.2) is 0 Å². The van der Waals surface area contributed by atoms with Gasteiger partial charge in [0.2, 0.25) is 0 Å². The Morgan fingerprint density at radius 1 is 1.31 bits per heavy atom. The van der Waals surface area contributed by atoms with Crippen LogP contribution >= 0.6 is 0 Å². The zero-order valence-corrected chi connectivity index (χ0v) is 8.76. The van der Waals surface area contributed by atoms with Crippen LogP contribution in [0.3, 0.4) is 0 Å². The van der Waals surface area contributed by atoms with Crippen molar-refractivity contribution in [2.75, 3.05) is 6.54 Å². The first kappa shape index (κ1) is 11.0. The van der Waals surface area contributed by atoms with Gasteiger partial charge in [0.25, 0.3) is 0 Å². The summed E-state index contributed by atoms with van der Waals surface area (Å²) in [5.41, 5.74) is 0. The van der Waals surface area contributed by atoms with Crippen LogP contribution in [-0.4, -0.2) is 23.8 Å². The van der Waals surface area contributed by atoms with Crippen molar-refractivity contribution >= 4 is 0 Å². The van der Waals surface area contributed by atoms with Crippen LogP contribution in [0.25, 0.3) is 0 Å². The van der Waals surface area contributed by atoms with Gasteiger partial charge in [0, 0.05) is 6.04 Å². The van der Waals surface area contributed by atoms with Crippen molar-refractivity contribution in [2.24, 2.45) is 0 Å². The Bertz CT molecular complexity index is 127. The highest BCUT2D eigenvalue weighted by atomic mass is 16.3. The molecule has 2 heteroatoms. The van der Waals surface area contributed by atoms with Crippen molar-refractivity contribution in [3.63, 3.8) is 0 Å². The zero-order chi connectivity index (χ0) is 9.52. The smallest absolute Gasteiger partial charge is 0.0555 e. The standard InChI is InChI=1S/C11H23NO/c1-2-3-4-8-12-10-6-5-7-11(13)9-10/h10-13H,2-9H2,1H3. The van der Waals surface area contributed by atoms with Crippen molar-refractivity contribution < 1.29 is 5.11 Å². The molecule has 1 saturated carbocycles. The lowest BCUT2D eigenvalue weighted by Gasteiger charge is -2.26. The summed E-state index contributed by atoms with van der Waals surface area (Å²) in [6.07, 6.45) is 8.26. The van der Waals surface area contributed by atoms with Gasteiger partial charge in [-0.15, -0.1) is 0 Å². The number of rotatable bonds is 5. The average molecular weight is 185 g/mol. The van der Waals surface area contributed by atoms with Gasteiger partial charge >= 0.3 is 0 Å². The maximum atomic E-state index is 9.44. The van der Waals surface area contributed by atoms with E-state index in [1.807, 2.05) is 0 Å². The van der Waals surface area contributed by atoms with Crippen LogP contribution in [0, 0.1) is 0 Å². The Hall–Kier alpha value is -0.0800. The SMILES string of the molecule is CCCCCNC1CCCC(O)C1. The molecule has 0 aromatic rings. The molecule has 2 unspecified atom stereocenters. The Morgan fingerprint density at radius 3 is 2.85 bits per heavy atom. The molecule has 0 aromatic heterocycles. The third-order valence-electron chi connectivity index (χ3n) is 2.86. The average Bonchev–Trinajstić information content (AvgIpc) is 2.13. The summed E-state index contributed by atoms with van der Waals surface area (Å²) in [6.45, 7) is 3.36. The molecular formula is C11H23NO. The summed E-state index contributed by atoms with van der Waals surface area (Å²) in [5, 5.41) is 13.0. The number of aliphatic hydroxyl groups is 1. The van der Waals surface area contributed by atoms with Crippen LogP contribution in [-0.2, 0) is 0 Å². The predicted molar refractivity (Wildman–Crippen MR) is 55.8 cm³/mol. The van der Waals surface area contributed by atoms with Gasteiger partial charge in [0.1, 0.15) is 0 Å². The Kier molecular flexibility index (Phi) is 5.40. The second kappa shape index (κ2) is 6.39. The monoisotopic (exact) mass is 185 g/mol. The minimum atomic E-state index is -0.0441. The fourth-order valence-electron chi connectivity index (χ4n) is 2.03. The molecule has 2 atom stereocenters. The van der Waals surface area contributed by atoms with Crippen molar-refractivity contribution in [3.05, 3.63) is 0 Å².